The van der Waals surface area contributed by atoms with E-state index in [4.69, 9.17) is 5.73 Å². The number of rotatable bonds is 5. The Morgan fingerprint density at radius 2 is 1.60 bits per heavy atom. The quantitative estimate of drug-likeness (QED) is 0.825. The van der Waals surface area contributed by atoms with Gasteiger partial charge >= 0.3 is 0 Å². The Bertz CT molecular complexity index is 305. The van der Waals surface area contributed by atoms with Crippen LogP contribution < -0.4 is 5.73 Å². The van der Waals surface area contributed by atoms with Gasteiger partial charge in [-0.1, -0.05) is 26.2 Å². The fraction of sp³-hybridized carbons (Fsp3) is 1.00. The van der Waals surface area contributed by atoms with Crippen LogP contribution in [-0.2, 0) is 0 Å². The number of hydrogen-bond donors (Lipinski definition) is 1. The Kier molecular flexibility index (Phi) is 4.42. The van der Waals surface area contributed by atoms with Crippen LogP contribution in [0.1, 0.15) is 77.6 Å². The van der Waals surface area contributed by atoms with Crippen LogP contribution in [0.15, 0.2) is 0 Å². The van der Waals surface area contributed by atoms with Gasteiger partial charge in [0.05, 0.1) is 0 Å². The molecule has 2 N–H and O–H groups in total. The highest BCUT2D eigenvalue weighted by Crippen LogP contribution is 2.52. The molecule has 2 heteroatoms. The molecule has 0 radical (unpaired) electrons. The smallest absolute Gasteiger partial charge is 0.0332 e. The van der Waals surface area contributed by atoms with Crippen molar-refractivity contribution in [3.8, 4) is 0 Å². The summed E-state index contributed by atoms with van der Waals surface area (Å²) in [5, 5.41) is 0. The van der Waals surface area contributed by atoms with Gasteiger partial charge in [0.1, 0.15) is 0 Å². The number of nitrogens with zero attached hydrogens (tertiary/aromatic N) is 1. The number of nitrogens with two attached hydrogens (primary N) is 1. The molecule has 0 atom stereocenters. The zero-order valence-electron chi connectivity index (χ0n) is 13.5. The van der Waals surface area contributed by atoms with Crippen molar-refractivity contribution in [3.05, 3.63) is 0 Å². The summed E-state index contributed by atoms with van der Waals surface area (Å²) in [6.45, 7) is 5.74. The molecule has 3 aliphatic carbocycles. The van der Waals surface area contributed by atoms with Gasteiger partial charge in [0, 0.05) is 18.6 Å². The number of hydrogen-bond acceptors (Lipinski definition) is 2. The fourth-order valence-electron chi connectivity index (χ4n) is 5.17. The molecule has 0 aromatic carbocycles. The molecule has 20 heavy (non-hydrogen) atoms. The third-order valence-corrected chi connectivity index (χ3v) is 7.04. The van der Waals surface area contributed by atoms with Crippen LogP contribution in [0.25, 0.3) is 0 Å². The van der Waals surface area contributed by atoms with Crippen LogP contribution in [-0.4, -0.2) is 30.1 Å². The van der Waals surface area contributed by atoms with E-state index in [9.17, 15) is 0 Å². The minimum absolute atomic E-state index is 0.345. The maximum atomic E-state index is 6.30. The largest absolute Gasteiger partial charge is 0.329 e. The van der Waals surface area contributed by atoms with Crippen molar-refractivity contribution in [2.45, 2.75) is 83.1 Å². The molecule has 0 heterocycles. The Labute approximate surface area is 125 Å². The molecule has 0 bridgehead atoms. The topological polar surface area (TPSA) is 29.3 Å². The fourth-order valence-corrected chi connectivity index (χ4v) is 5.17. The molecule has 0 aromatic heterocycles. The predicted molar refractivity (Wildman–Crippen MR) is 85.7 cm³/mol. The lowest BCUT2D eigenvalue weighted by Crippen LogP contribution is -2.58. The van der Waals surface area contributed by atoms with Crippen molar-refractivity contribution in [1.82, 2.24) is 4.90 Å². The Morgan fingerprint density at radius 1 is 0.950 bits per heavy atom. The van der Waals surface area contributed by atoms with Gasteiger partial charge < -0.3 is 5.73 Å². The Balaban J connectivity index is 1.64. The SMILES string of the molecule is CCN(CC1CCC1)C1(CN)CCC2(CCCC2)CC1. The van der Waals surface area contributed by atoms with E-state index in [1.165, 1.54) is 83.7 Å². The third kappa shape index (κ3) is 2.66. The second-order valence-electron chi connectivity index (χ2n) is 7.97. The highest BCUT2D eigenvalue weighted by molar-refractivity contribution is 5.01. The summed E-state index contributed by atoms with van der Waals surface area (Å²) < 4.78 is 0. The zero-order valence-corrected chi connectivity index (χ0v) is 13.5. The molecule has 3 fully saturated rings. The summed E-state index contributed by atoms with van der Waals surface area (Å²) in [6, 6.07) is 0. The molecule has 0 amide bonds. The highest BCUT2D eigenvalue weighted by atomic mass is 15.2. The highest BCUT2D eigenvalue weighted by Gasteiger charge is 2.46. The lowest BCUT2D eigenvalue weighted by Gasteiger charge is -2.52. The summed E-state index contributed by atoms with van der Waals surface area (Å²) in [4.78, 5) is 2.78. The van der Waals surface area contributed by atoms with Gasteiger partial charge in [0.15, 0.2) is 0 Å². The van der Waals surface area contributed by atoms with Crippen molar-refractivity contribution in [3.63, 3.8) is 0 Å². The molecule has 3 saturated carbocycles. The monoisotopic (exact) mass is 278 g/mol. The molecule has 0 aliphatic heterocycles. The van der Waals surface area contributed by atoms with Gasteiger partial charge in [-0.2, -0.15) is 0 Å². The Morgan fingerprint density at radius 3 is 2.05 bits per heavy atom. The van der Waals surface area contributed by atoms with E-state index in [-0.39, 0.29) is 0 Å². The first-order valence-corrected chi connectivity index (χ1v) is 9.17. The van der Waals surface area contributed by atoms with Gasteiger partial charge in [0.2, 0.25) is 0 Å². The maximum absolute atomic E-state index is 6.30. The minimum Gasteiger partial charge on any atom is -0.329 e. The summed E-state index contributed by atoms with van der Waals surface area (Å²) in [5.41, 5.74) is 7.37. The van der Waals surface area contributed by atoms with Crippen molar-refractivity contribution >= 4 is 0 Å². The van der Waals surface area contributed by atoms with Crippen molar-refractivity contribution in [2.24, 2.45) is 17.1 Å². The summed E-state index contributed by atoms with van der Waals surface area (Å²) in [5.74, 6) is 0.973. The van der Waals surface area contributed by atoms with E-state index in [0.717, 1.165) is 17.9 Å². The van der Waals surface area contributed by atoms with Gasteiger partial charge in [-0.25, -0.2) is 0 Å². The summed E-state index contributed by atoms with van der Waals surface area (Å²) in [6.07, 6.45) is 16.0. The Hall–Kier alpha value is -0.0800. The average Bonchev–Trinajstić information content (AvgIpc) is 2.88. The van der Waals surface area contributed by atoms with E-state index in [2.05, 4.69) is 11.8 Å². The average molecular weight is 278 g/mol. The maximum Gasteiger partial charge on any atom is 0.0332 e. The van der Waals surface area contributed by atoms with Crippen LogP contribution in [0.4, 0.5) is 0 Å². The van der Waals surface area contributed by atoms with Crippen molar-refractivity contribution < 1.29 is 0 Å². The van der Waals surface area contributed by atoms with E-state index < -0.39 is 0 Å². The minimum atomic E-state index is 0.345. The molecule has 0 unspecified atom stereocenters. The van der Waals surface area contributed by atoms with Crippen molar-refractivity contribution in [2.75, 3.05) is 19.6 Å². The lowest BCUT2D eigenvalue weighted by molar-refractivity contribution is -0.0000888. The second kappa shape index (κ2) is 5.96. The van der Waals surface area contributed by atoms with Gasteiger partial charge in [-0.15, -0.1) is 0 Å². The van der Waals surface area contributed by atoms with Crippen LogP contribution in [0.3, 0.4) is 0 Å². The van der Waals surface area contributed by atoms with Gasteiger partial charge in [0.25, 0.3) is 0 Å². The van der Waals surface area contributed by atoms with Crippen LogP contribution in [0.2, 0.25) is 0 Å². The molecule has 0 aromatic rings. The van der Waals surface area contributed by atoms with Gasteiger partial charge in [-0.05, 0) is 69.2 Å². The zero-order chi connectivity index (χ0) is 14.1. The first kappa shape index (κ1) is 14.8. The third-order valence-electron chi connectivity index (χ3n) is 7.04. The molecule has 0 saturated heterocycles. The van der Waals surface area contributed by atoms with Gasteiger partial charge in [-0.3, -0.25) is 4.90 Å². The summed E-state index contributed by atoms with van der Waals surface area (Å²) >= 11 is 0. The van der Waals surface area contributed by atoms with Crippen molar-refractivity contribution in [1.29, 1.82) is 0 Å². The standard InChI is InChI=1S/C18H34N2/c1-2-20(14-16-6-5-7-16)18(15-19)12-10-17(11-13-18)8-3-4-9-17/h16H,2-15,19H2,1H3. The lowest BCUT2D eigenvalue weighted by atomic mass is 9.65. The van der Waals surface area contributed by atoms with Crippen LogP contribution >= 0.6 is 0 Å². The molecule has 3 aliphatic rings. The molecular weight excluding hydrogens is 244 g/mol. The second-order valence-corrected chi connectivity index (χ2v) is 7.97. The van der Waals surface area contributed by atoms with Crippen LogP contribution in [0, 0.1) is 11.3 Å². The van der Waals surface area contributed by atoms with E-state index in [1.54, 1.807) is 0 Å². The summed E-state index contributed by atoms with van der Waals surface area (Å²) in [7, 11) is 0. The van der Waals surface area contributed by atoms with Crippen LogP contribution in [0.5, 0.6) is 0 Å². The first-order valence-electron chi connectivity index (χ1n) is 9.17. The number of likely N-dealkylation sites (N-methyl/N-ethyl adjacent to an activating group) is 1. The predicted octanol–water partition coefficient (Wildman–Crippen LogP) is 3.94. The molecule has 1 spiro atoms. The molecule has 116 valence electrons. The normalized spacial score (nSPS) is 28.9. The molecule has 2 nitrogen and oxygen atoms in total. The first-order chi connectivity index (χ1) is 9.72. The molecule has 3 rings (SSSR count). The van der Waals surface area contributed by atoms with E-state index >= 15 is 0 Å². The van der Waals surface area contributed by atoms with E-state index in [1.807, 2.05) is 0 Å². The van der Waals surface area contributed by atoms with E-state index in [0.29, 0.717) is 5.54 Å². The molecular formula is C18H34N2.